The van der Waals surface area contributed by atoms with Gasteiger partial charge in [-0.2, -0.15) is 8.42 Å². The smallest absolute Gasteiger partial charge is 0.316 e. The molecule has 8 nitrogen and oxygen atoms in total. The summed E-state index contributed by atoms with van der Waals surface area (Å²) in [4.78, 5) is 14.6. The highest BCUT2D eigenvalue weighted by Gasteiger charge is 2.36. The molecule has 9 heteroatoms. The van der Waals surface area contributed by atoms with Gasteiger partial charge in [-0.05, 0) is 19.3 Å². The van der Waals surface area contributed by atoms with E-state index < -0.39 is 22.0 Å². The van der Waals surface area contributed by atoms with Crippen LogP contribution in [0, 0.1) is 0 Å². The number of hydrogen-bond acceptors (Lipinski definition) is 6. The molecule has 0 bridgehead atoms. The van der Waals surface area contributed by atoms with Crippen LogP contribution in [0.4, 0.5) is 0 Å². The van der Waals surface area contributed by atoms with E-state index in [2.05, 4.69) is 13.0 Å². The van der Waals surface area contributed by atoms with Crippen LogP contribution in [0.2, 0.25) is 0 Å². The number of amidine groups is 1. The molecule has 32 heavy (non-hydrogen) atoms. The lowest BCUT2D eigenvalue weighted by molar-refractivity contribution is -0.525. The molecule has 1 aliphatic heterocycles. The average molecular weight is 476 g/mol. The number of carbonyl (C=O) groups excluding carboxylic acids is 1. The number of nitrogens with zero attached hydrogens (tertiary/aromatic N) is 2. The van der Waals surface area contributed by atoms with Gasteiger partial charge in [-0.1, -0.05) is 64.0 Å². The van der Waals surface area contributed by atoms with Crippen molar-refractivity contribution in [3.8, 4) is 0 Å². The van der Waals surface area contributed by atoms with Gasteiger partial charge in [0.2, 0.25) is 5.78 Å². The zero-order valence-electron chi connectivity index (χ0n) is 19.6. The molecule has 1 unspecified atom stereocenters. The first kappa shape index (κ1) is 28.7. The van der Waals surface area contributed by atoms with E-state index in [1.54, 1.807) is 9.48 Å². The van der Waals surface area contributed by atoms with E-state index in [1.165, 1.54) is 51.4 Å². The van der Waals surface area contributed by atoms with Gasteiger partial charge in [-0.15, -0.1) is 0 Å². The Morgan fingerprint density at radius 3 is 2.34 bits per heavy atom. The van der Waals surface area contributed by atoms with Gasteiger partial charge < -0.3 is 10.2 Å². The SMILES string of the molecule is CCCCCCCCCC/C=C/CCC(=O)C1=[N+](CC(O)CS(=O)(=O)O)CCN1CCO. The molecule has 0 aliphatic carbocycles. The fraction of sp³-hybridized carbons (Fsp3) is 0.826. The Balaban J connectivity index is 2.43. The van der Waals surface area contributed by atoms with E-state index in [9.17, 15) is 23.4 Å². The van der Waals surface area contributed by atoms with Gasteiger partial charge in [-0.3, -0.25) is 18.8 Å². The second-order valence-electron chi connectivity index (χ2n) is 8.58. The fourth-order valence-corrected chi connectivity index (χ4v) is 4.62. The normalized spacial score (nSPS) is 15.8. The lowest BCUT2D eigenvalue weighted by Gasteiger charge is -2.12. The second kappa shape index (κ2) is 16.3. The Morgan fingerprint density at radius 1 is 1.09 bits per heavy atom. The maximum absolute atomic E-state index is 12.8. The molecule has 0 aromatic rings. The zero-order valence-corrected chi connectivity index (χ0v) is 20.4. The first-order valence-corrected chi connectivity index (χ1v) is 13.7. The third-order valence-corrected chi connectivity index (χ3v) is 6.43. The summed E-state index contributed by atoms with van der Waals surface area (Å²) in [6, 6.07) is 0. The van der Waals surface area contributed by atoms with Crippen molar-refractivity contribution < 1.29 is 32.6 Å². The van der Waals surface area contributed by atoms with Crippen LogP contribution in [-0.4, -0.2) is 88.9 Å². The molecule has 186 valence electrons. The molecular weight excluding hydrogens is 432 g/mol. The van der Waals surface area contributed by atoms with Crippen LogP contribution in [-0.2, 0) is 14.9 Å². The molecule has 0 saturated heterocycles. The number of allylic oxidation sites excluding steroid dienone is 2. The lowest BCUT2D eigenvalue weighted by Crippen LogP contribution is -2.40. The predicted octanol–water partition coefficient (Wildman–Crippen LogP) is 2.39. The van der Waals surface area contributed by atoms with Crippen molar-refractivity contribution in [3.05, 3.63) is 12.2 Å². The average Bonchev–Trinajstić information content (AvgIpc) is 3.09. The zero-order chi connectivity index (χ0) is 23.8. The topological polar surface area (TPSA) is 118 Å². The molecule has 1 heterocycles. The van der Waals surface area contributed by atoms with Crippen molar-refractivity contribution in [3.63, 3.8) is 0 Å². The number of carbonyl (C=O) groups is 1. The van der Waals surface area contributed by atoms with Gasteiger partial charge in [0.05, 0.1) is 6.61 Å². The van der Waals surface area contributed by atoms with Gasteiger partial charge in [0.25, 0.3) is 10.1 Å². The minimum absolute atomic E-state index is 0.0585. The number of ketones is 1. The molecular formula is C23H43N2O6S+. The molecule has 0 saturated carbocycles. The van der Waals surface area contributed by atoms with Crippen LogP contribution in [0.3, 0.4) is 0 Å². The summed E-state index contributed by atoms with van der Waals surface area (Å²) >= 11 is 0. The molecule has 3 N–H and O–H groups in total. The fourth-order valence-electron chi connectivity index (χ4n) is 4.03. The number of hydrogen-bond donors (Lipinski definition) is 3. The summed E-state index contributed by atoms with van der Waals surface area (Å²) in [5.41, 5.74) is 0. The van der Waals surface area contributed by atoms with Gasteiger partial charge in [0.1, 0.15) is 38.0 Å². The minimum Gasteiger partial charge on any atom is -0.392 e. The first-order valence-electron chi connectivity index (χ1n) is 12.1. The highest BCUT2D eigenvalue weighted by atomic mass is 32.2. The molecule has 0 amide bonds. The van der Waals surface area contributed by atoms with Crippen LogP contribution < -0.4 is 0 Å². The Bertz CT molecular complexity index is 705. The number of Topliss-reactive ketones (excluding diaryl/α,β-unsaturated/α-hetero) is 1. The third-order valence-electron chi connectivity index (χ3n) is 5.62. The molecule has 1 aliphatic rings. The maximum Gasteiger partial charge on any atom is 0.316 e. The van der Waals surface area contributed by atoms with Gasteiger partial charge in [0.15, 0.2) is 0 Å². The quantitative estimate of drug-likeness (QED) is 0.114. The monoisotopic (exact) mass is 475 g/mol. The van der Waals surface area contributed by atoms with Gasteiger partial charge in [-0.25, -0.2) is 0 Å². The molecule has 0 radical (unpaired) electrons. The first-order chi connectivity index (χ1) is 15.3. The largest absolute Gasteiger partial charge is 0.392 e. The van der Waals surface area contributed by atoms with Crippen molar-refractivity contribution in [2.24, 2.45) is 0 Å². The summed E-state index contributed by atoms with van der Waals surface area (Å²) < 4.78 is 32.5. The Morgan fingerprint density at radius 2 is 1.72 bits per heavy atom. The molecule has 0 fully saturated rings. The molecule has 0 aromatic carbocycles. The Kier molecular flexibility index (Phi) is 14.7. The molecule has 0 aromatic heterocycles. The van der Waals surface area contributed by atoms with Crippen LogP contribution >= 0.6 is 0 Å². The van der Waals surface area contributed by atoms with E-state index in [0.29, 0.717) is 38.3 Å². The van der Waals surface area contributed by atoms with E-state index in [1.807, 2.05) is 6.08 Å². The van der Waals surface area contributed by atoms with E-state index in [-0.39, 0.29) is 18.9 Å². The number of unbranched alkanes of at least 4 members (excludes halogenated alkanes) is 8. The Labute approximate surface area is 193 Å². The summed E-state index contributed by atoms with van der Waals surface area (Å²) in [6.45, 7) is 3.35. The number of β-amino-alcohol motifs (C(OH)–C–C–N with tert-alkyl or cyclic N) is 2. The van der Waals surface area contributed by atoms with Crippen molar-refractivity contribution in [2.75, 3.05) is 38.5 Å². The van der Waals surface area contributed by atoms with Crippen LogP contribution in [0.5, 0.6) is 0 Å². The third kappa shape index (κ3) is 12.7. The number of rotatable bonds is 19. The van der Waals surface area contributed by atoms with E-state index >= 15 is 0 Å². The summed E-state index contributed by atoms with van der Waals surface area (Å²) in [6.07, 6.45) is 15.1. The predicted molar refractivity (Wildman–Crippen MR) is 127 cm³/mol. The molecule has 0 spiro atoms. The lowest BCUT2D eigenvalue weighted by atomic mass is 10.1. The minimum atomic E-state index is -4.29. The maximum atomic E-state index is 12.8. The van der Waals surface area contributed by atoms with Crippen molar-refractivity contribution in [1.82, 2.24) is 4.90 Å². The van der Waals surface area contributed by atoms with Crippen LogP contribution in [0.1, 0.15) is 77.6 Å². The summed E-state index contributed by atoms with van der Waals surface area (Å²) in [5.74, 6) is -0.455. The Hall–Kier alpha value is -1.29. The van der Waals surface area contributed by atoms with Crippen molar-refractivity contribution >= 4 is 21.7 Å². The highest BCUT2D eigenvalue weighted by Crippen LogP contribution is 2.11. The van der Waals surface area contributed by atoms with E-state index in [4.69, 9.17) is 4.55 Å². The highest BCUT2D eigenvalue weighted by molar-refractivity contribution is 7.85. The summed E-state index contributed by atoms with van der Waals surface area (Å²) in [5, 5.41) is 19.2. The molecule has 1 rings (SSSR count). The number of aliphatic hydroxyl groups is 2. The summed E-state index contributed by atoms with van der Waals surface area (Å²) in [7, 11) is -4.29. The standard InChI is InChI=1S/C23H42N2O6S/c1-2-3-4-5-6-7-8-9-10-11-12-13-14-22(28)23-24(17-18-26)15-16-25(23)19-21(27)20-32(29,30)31/h11-12,21,26-27H,2-10,13-20H2,1H3/p+1/b12-11+. The second-order valence-corrected chi connectivity index (χ2v) is 10.1. The van der Waals surface area contributed by atoms with E-state index in [0.717, 1.165) is 6.42 Å². The van der Waals surface area contributed by atoms with Crippen LogP contribution in [0.15, 0.2) is 12.2 Å². The van der Waals surface area contributed by atoms with Crippen molar-refractivity contribution in [1.29, 1.82) is 0 Å². The van der Waals surface area contributed by atoms with Gasteiger partial charge in [0, 0.05) is 6.42 Å². The van der Waals surface area contributed by atoms with Gasteiger partial charge >= 0.3 is 5.84 Å². The molecule has 1 atom stereocenters. The number of aliphatic hydroxyl groups excluding tert-OH is 2. The van der Waals surface area contributed by atoms with Crippen molar-refractivity contribution in [2.45, 2.75) is 83.7 Å². The van der Waals surface area contributed by atoms with Crippen LogP contribution in [0.25, 0.3) is 0 Å².